The maximum Gasteiger partial charge on any atom is 0.262 e. The Bertz CT molecular complexity index is 647. The lowest BCUT2D eigenvalue weighted by Gasteiger charge is -2.48. The van der Waals surface area contributed by atoms with Crippen LogP contribution in [0.4, 0.5) is 11.4 Å². The highest BCUT2D eigenvalue weighted by Gasteiger charge is 2.42. The fraction of sp³-hybridized carbons (Fsp3) is 0.278. The number of amides is 1. The first-order chi connectivity index (χ1) is 10.2. The molecule has 0 spiro atoms. The van der Waals surface area contributed by atoms with Gasteiger partial charge in [-0.3, -0.25) is 9.69 Å². The second kappa shape index (κ2) is 5.24. The highest BCUT2D eigenvalue weighted by Crippen LogP contribution is 2.38. The molecule has 21 heavy (non-hydrogen) atoms. The molecular formula is C18H20N2O. The highest BCUT2D eigenvalue weighted by molar-refractivity contribution is 6.12. The van der Waals surface area contributed by atoms with Crippen LogP contribution >= 0.6 is 0 Å². The van der Waals surface area contributed by atoms with Gasteiger partial charge in [0.2, 0.25) is 0 Å². The van der Waals surface area contributed by atoms with Crippen molar-refractivity contribution in [3.8, 4) is 0 Å². The minimum Gasteiger partial charge on any atom is -0.362 e. The summed E-state index contributed by atoms with van der Waals surface area (Å²) >= 11 is 0. The molecule has 2 aromatic carbocycles. The lowest BCUT2D eigenvalue weighted by atomic mass is 9.93. The van der Waals surface area contributed by atoms with E-state index in [-0.39, 0.29) is 11.6 Å². The van der Waals surface area contributed by atoms with Crippen molar-refractivity contribution in [3.63, 3.8) is 0 Å². The van der Waals surface area contributed by atoms with Crippen LogP contribution in [0.5, 0.6) is 0 Å². The van der Waals surface area contributed by atoms with Gasteiger partial charge in [0.25, 0.3) is 5.91 Å². The Balaban J connectivity index is 2.18. The van der Waals surface area contributed by atoms with E-state index < -0.39 is 0 Å². The van der Waals surface area contributed by atoms with Gasteiger partial charge in [-0.2, -0.15) is 0 Å². The molecule has 108 valence electrons. The van der Waals surface area contributed by atoms with Crippen molar-refractivity contribution in [2.75, 3.05) is 10.2 Å². The molecule has 0 bridgehead atoms. The molecule has 1 heterocycles. The number of carbonyl (C=O) groups is 1. The van der Waals surface area contributed by atoms with Crippen LogP contribution in [0.3, 0.4) is 0 Å². The van der Waals surface area contributed by atoms with Crippen molar-refractivity contribution in [2.24, 2.45) is 0 Å². The standard InChI is InChI=1S/C18H20N2O/c1-3-18(4-2)19-16-13-9-8-12-15(16)17(21)20(18)14-10-6-5-7-11-14/h5-13,19H,3-4H2,1-2H3. The van der Waals surface area contributed by atoms with Crippen LogP contribution in [-0.2, 0) is 0 Å². The molecule has 0 atom stereocenters. The van der Waals surface area contributed by atoms with Crippen molar-refractivity contribution in [3.05, 3.63) is 60.2 Å². The van der Waals surface area contributed by atoms with E-state index >= 15 is 0 Å². The number of nitrogens with zero attached hydrogens (tertiary/aromatic N) is 1. The summed E-state index contributed by atoms with van der Waals surface area (Å²) in [6, 6.07) is 17.6. The van der Waals surface area contributed by atoms with Crippen LogP contribution in [0.2, 0.25) is 0 Å². The van der Waals surface area contributed by atoms with E-state index in [0.29, 0.717) is 0 Å². The van der Waals surface area contributed by atoms with Gasteiger partial charge in [0.15, 0.2) is 0 Å². The fourth-order valence-corrected chi connectivity index (χ4v) is 3.08. The van der Waals surface area contributed by atoms with Gasteiger partial charge in [-0.25, -0.2) is 0 Å². The SMILES string of the molecule is CCC1(CC)Nc2ccccc2C(=O)N1c1ccccc1. The Kier molecular flexibility index (Phi) is 3.42. The normalized spacial score (nSPS) is 16.3. The number of benzene rings is 2. The van der Waals surface area contributed by atoms with Gasteiger partial charge >= 0.3 is 0 Å². The molecular weight excluding hydrogens is 260 g/mol. The summed E-state index contributed by atoms with van der Waals surface area (Å²) < 4.78 is 0. The second-order valence-electron chi connectivity index (χ2n) is 5.39. The first kappa shape index (κ1) is 13.7. The van der Waals surface area contributed by atoms with Crippen molar-refractivity contribution in [2.45, 2.75) is 32.4 Å². The molecule has 0 radical (unpaired) electrons. The number of carbonyl (C=O) groups excluding carboxylic acids is 1. The summed E-state index contributed by atoms with van der Waals surface area (Å²) in [5, 5.41) is 3.59. The summed E-state index contributed by atoms with van der Waals surface area (Å²) in [4.78, 5) is 14.9. The van der Waals surface area contributed by atoms with Crippen molar-refractivity contribution < 1.29 is 4.79 Å². The van der Waals surface area contributed by atoms with Crippen LogP contribution in [0, 0.1) is 0 Å². The number of nitrogens with one attached hydrogen (secondary N) is 1. The number of fused-ring (bicyclic) bond motifs is 1. The van der Waals surface area contributed by atoms with Gasteiger partial charge in [-0.1, -0.05) is 44.2 Å². The summed E-state index contributed by atoms with van der Waals surface area (Å²) in [5.41, 5.74) is 2.23. The first-order valence-electron chi connectivity index (χ1n) is 7.48. The van der Waals surface area contributed by atoms with Gasteiger partial charge in [0, 0.05) is 11.4 Å². The van der Waals surface area contributed by atoms with Crippen molar-refractivity contribution in [1.29, 1.82) is 0 Å². The second-order valence-corrected chi connectivity index (χ2v) is 5.39. The third-order valence-electron chi connectivity index (χ3n) is 4.34. The Morgan fingerprint density at radius 1 is 0.952 bits per heavy atom. The zero-order valence-corrected chi connectivity index (χ0v) is 12.5. The van der Waals surface area contributed by atoms with E-state index in [9.17, 15) is 4.79 Å². The molecule has 2 aromatic rings. The highest BCUT2D eigenvalue weighted by atomic mass is 16.2. The lowest BCUT2D eigenvalue weighted by Crippen LogP contribution is -2.59. The third-order valence-corrected chi connectivity index (χ3v) is 4.34. The lowest BCUT2D eigenvalue weighted by molar-refractivity contribution is 0.0950. The van der Waals surface area contributed by atoms with E-state index in [1.165, 1.54) is 0 Å². The molecule has 1 amide bonds. The summed E-state index contributed by atoms with van der Waals surface area (Å²) in [6.45, 7) is 4.24. The van der Waals surface area contributed by atoms with Gasteiger partial charge in [-0.15, -0.1) is 0 Å². The molecule has 0 unspecified atom stereocenters. The van der Waals surface area contributed by atoms with Crippen LogP contribution in [-0.4, -0.2) is 11.6 Å². The molecule has 1 aliphatic heterocycles. The van der Waals surface area contributed by atoms with Crippen molar-refractivity contribution >= 4 is 17.3 Å². The number of rotatable bonds is 3. The van der Waals surface area contributed by atoms with E-state index in [2.05, 4.69) is 19.2 Å². The third kappa shape index (κ3) is 2.09. The molecule has 0 fully saturated rings. The smallest absolute Gasteiger partial charge is 0.262 e. The zero-order valence-electron chi connectivity index (χ0n) is 12.5. The zero-order chi connectivity index (χ0) is 14.9. The summed E-state index contributed by atoms with van der Waals surface area (Å²) in [5.74, 6) is 0.0688. The summed E-state index contributed by atoms with van der Waals surface area (Å²) in [7, 11) is 0. The maximum absolute atomic E-state index is 13.0. The van der Waals surface area contributed by atoms with E-state index in [0.717, 1.165) is 29.8 Å². The number of hydrogen-bond acceptors (Lipinski definition) is 2. The predicted molar refractivity (Wildman–Crippen MR) is 86.6 cm³/mol. The van der Waals surface area contributed by atoms with Gasteiger partial charge < -0.3 is 5.32 Å². The maximum atomic E-state index is 13.0. The van der Waals surface area contributed by atoms with Crippen LogP contribution in [0.15, 0.2) is 54.6 Å². The number of anilines is 2. The molecule has 3 rings (SSSR count). The molecule has 1 N–H and O–H groups in total. The average Bonchev–Trinajstić information content (AvgIpc) is 2.55. The molecule has 0 aromatic heterocycles. The van der Waals surface area contributed by atoms with E-state index in [1.807, 2.05) is 59.5 Å². The van der Waals surface area contributed by atoms with Gasteiger partial charge in [0.1, 0.15) is 5.66 Å². The summed E-state index contributed by atoms with van der Waals surface area (Å²) in [6.07, 6.45) is 1.69. The van der Waals surface area contributed by atoms with Crippen LogP contribution in [0.1, 0.15) is 37.0 Å². The largest absolute Gasteiger partial charge is 0.362 e. The van der Waals surface area contributed by atoms with Crippen molar-refractivity contribution in [1.82, 2.24) is 0 Å². The number of para-hydroxylation sites is 2. The minimum absolute atomic E-state index is 0.0688. The fourth-order valence-electron chi connectivity index (χ4n) is 3.08. The molecule has 0 saturated heterocycles. The molecule has 3 nitrogen and oxygen atoms in total. The van der Waals surface area contributed by atoms with Gasteiger partial charge in [-0.05, 0) is 37.1 Å². The predicted octanol–water partition coefficient (Wildman–Crippen LogP) is 4.28. The first-order valence-corrected chi connectivity index (χ1v) is 7.48. The molecule has 0 saturated carbocycles. The Labute approximate surface area is 125 Å². The Morgan fingerprint density at radius 2 is 1.57 bits per heavy atom. The Hall–Kier alpha value is -2.29. The minimum atomic E-state index is -0.368. The number of hydrogen-bond donors (Lipinski definition) is 1. The van der Waals surface area contributed by atoms with E-state index in [4.69, 9.17) is 0 Å². The average molecular weight is 280 g/mol. The quantitative estimate of drug-likeness (QED) is 0.910. The van der Waals surface area contributed by atoms with Crippen LogP contribution in [0.25, 0.3) is 0 Å². The molecule has 0 aliphatic carbocycles. The monoisotopic (exact) mass is 280 g/mol. The molecule has 1 aliphatic rings. The Morgan fingerprint density at radius 3 is 2.24 bits per heavy atom. The topological polar surface area (TPSA) is 32.3 Å². The van der Waals surface area contributed by atoms with E-state index in [1.54, 1.807) is 0 Å². The van der Waals surface area contributed by atoms with Gasteiger partial charge in [0.05, 0.1) is 5.56 Å². The van der Waals surface area contributed by atoms with Crippen LogP contribution < -0.4 is 10.2 Å². The molecule has 3 heteroatoms.